The maximum atomic E-state index is 12.7. The highest BCUT2D eigenvalue weighted by Gasteiger charge is 2.34. The van der Waals surface area contributed by atoms with E-state index in [2.05, 4.69) is 27.7 Å². The van der Waals surface area contributed by atoms with Crippen LogP contribution in [0.3, 0.4) is 0 Å². The molecule has 2 aromatic carbocycles. The van der Waals surface area contributed by atoms with E-state index in [1.54, 1.807) is 19.2 Å². The van der Waals surface area contributed by atoms with E-state index in [0.717, 1.165) is 24.2 Å². The van der Waals surface area contributed by atoms with E-state index >= 15 is 0 Å². The Bertz CT molecular complexity index is 968. The van der Waals surface area contributed by atoms with Gasteiger partial charge >= 0.3 is 12.0 Å². The summed E-state index contributed by atoms with van der Waals surface area (Å²) in [4.78, 5) is 27.3. The number of amides is 2. The summed E-state index contributed by atoms with van der Waals surface area (Å²) in [5.41, 5.74) is 4.12. The zero-order chi connectivity index (χ0) is 20.4. The van der Waals surface area contributed by atoms with Gasteiger partial charge in [-0.1, -0.05) is 30.3 Å². The molecular weight excluding hydrogens is 370 g/mol. The number of urea groups is 1. The molecule has 2 N–H and O–H groups in total. The summed E-state index contributed by atoms with van der Waals surface area (Å²) in [6.07, 6.45) is 0.936. The van der Waals surface area contributed by atoms with Crippen LogP contribution in [0.1, 0.15) is 17.2 Å². The highest BCUT2D eigenvalue weighted by Crippen LogP contribution is 2.32. The number of anilines is 1. The quantitative estimate of drug-likeness (QED) is 0.763. The Kier molecular flexibility index (Phi) is 5.12. The summed E-state index contributed by atoms with van der Waals surface area (Å²) in [6.45, 7) is 1.25. The first-order valence-corrected chi connectivity index (χ1v) is 9.46. The monoisotopic (exact) mass is 393 g/mol. The molecule has 0 aromatic heterocycles. The van der Waals surface area contributed by atoms with Crippen LogP contribution in [0.15, 0.2) is 59.8 Å². The van der Waals surface area contributed by atoms with Gasteiger partial charge in [0.1, 0.15) is 5.75 Å². The lowest BCUT2D eigenvalue weighted by molar-refractivity contribution is -0.136. The Morgan fingerprint density at radius 3 is 2.62 bits per heavy atom. The lowest BCUT2D eigenvalue weighted by Gasteiger charge is -2.31. The Morgan fingerprint density at radius 2 is 1.90 bits per heavy atom. The number of methoxy groups -OCH3 is 2. The number of carbonyl (C=O) groups excluding carboxylic acids is 2. The molecule has 2 amide bonds. The molecule has 29 heavy (non-hydrogen) atoms. The van der Waals surface area contributed by atoms with Gasteiger partial charge in [-0.15, -0.1) is 0 Å². The lowest BCUT2D eigenvalue weighted by Crippen LogP contribution is -2.48. The van der Waals surface area contributed by atoms with Gasteiger partial charge in [-0.2, -0.15) is 0 Å². The fourth-order valence-corrected chi connectivity index (χ4v) is 3.90. The minimum Gasteiger partial charge on any atom is -0.497 e. The predicted octanol–water partition coefficient (Wildman–Crippen LogP) is 2.54. The molecule has 2 aliphatic heterocycles. The minimum atomic E-state index is -0.602. The van der Waals surface area contributed by atoms with Crippen LogP contribution in [0.5, 0.6) is 5.75 Å². The summed E-state index contributed by atoms with van der Waals surface area (Å²) < 4.78 is 10.3. The van der Waals surface area contributed by atoms with Gasteiger partial charge in [0.05, 0.1) is 38.1 Å². The van der Waals surface area contributed by atoms with Gasteiger partial charge in [-0.05, 0) is 35.7 Å². The largest absolute Gasteiger partial charge is 0.497 e. The van der Waals surface area contributed by atoms with E-state index in [4.69, 9.17) is 9.47 Å². The van der Waals surface area contributed by atoms with Gasteiger partial charge in [0.2, 0.25) is 0 Å². The standard InChI is InChI=1S/C22H23N3O4/c1-28-16-9-7-15(8-10-16)20-19(21(26)29-2)17(23-22(27)24-20)13-25-12-11-14-5-3-4-6-18(14)25/h3-10,20H,11-13H2,1-2H3,(H2,23,24,27). The van der Waals surface area contributed by atoms with Crippen LogP contribution in [0, 0.1) is 0 Å². The number of hydrogen-bond acceptors (Lipinski definition) is 5. The number of ether oxygens (including phenoxy) is 2. The summed E-state index contributed by atoms with van der Waals surface area (Å²) in [5, 5.41) is 5.67. The van der Waals surface area contributed by atoms with Crippen molar-refractivity contribution in [2.75, 3.05) is 32.2 Å². The van der Waals surface area contributed by atoms with Crippen molar-refractivity contribution in [3.8, 4) is 5.75 Å². The highest BCUT2D eigenvalue weighted by molar-refractivity contribution is 5.95. The number of esters is 1. The smallest absolute Gasteiger partial charge is 0.338 e. The van der Waals surface area contributed by atoms with Crippen LogP contribution in [0.4, 0.5) is 10.5 Å². The summed E-state index contributed by atoms with van der Waals surface area (Å²) >= 11 is 0. The van der Waals surface area contributed by atoms with Crippen molar-refractivity contribution in [2.45, 2.75) is 12.5 Å². The van der Waals surface area contributed by atoms with Crippen molar-refractivity contribution in [1.82, 2.24) is 10.6 Å². The van der Waals surface area contributed by atoms with Crippen LogP contribution in [-0.2, 0) is 16.0 Å². The third kappa shape index (κ3) is 3.63. The Hall–Kier alpha value is -3.48. The normalized spacial score (nSPS) is 18.1. The number of nitrogens with one attached hydrogen (secondary N) is 2. The van der Waals surface area contributed by atoms with Crippen LogP contribution in [0.25, 0.3) is 0 Å². The van der Waals surface area contributed by atoms with Crippen molar-refractivity contribution in [3.63, 3.8) is 0 Å². The fraction of sp³-hybridized carbons (Fsp3) is 0.273. The molecule has 150 valence electrons. The highest BCUT2D eigenvalue weighted by atomic mass is 16.5. The van der Waals surface area contributed by atoms with Crippen molar-refractivity contribution in [1.29, 1.82) is 0 Å². The van der Waals surface area contributed by atoms with E-state index in [9.17, 15) is 9.59 Å². The van der Waals surface area contributed by atoms with Gasteiger partial charge < -0.3 is 25.0 Å². The van der Waals surface area contributed by atoms with Crippen molar-refractivity contribution in [3.05, 3.63) is 70.9 Å². The van der Waals surface area contributed by atoms with Crippen LogP contribution >= 0.6 is 0 Å². The van der Waals surface area contributed by atoms with E-state index in [0.29, 0.717) is 23.6 Å². The first-order valence-electron chi connectivity index (χ1n) is 9.46. The van der Waals surface area contributed by atoms with Gasteiger partial charge in [0.25, 0.3) is 0 Å². The molecule has 0 bridgehead atoms. The molecule has 2 heterocycles. The van der Waals surface area contributed by atoms with E-state index in [1.165, 1.54) is 12.7 Å². The van der Waals surface area contributed by atoms with Gasteiger partial charge in [-0.3, -0.25) is 0 Å². The minimum absolute atomic E-state index is 0.346. The number of para-hydroxylation sites is 1. The van der Waals surface area contributed by atoms with E-state index in [1.807, 2.05) is 24.3 Å². The number of fused-ring (bicyclic) bond motifs is 1. The molecular formula is C22H23N3O4. The van der Waals surface area contributed by atoms with Crippen molar-refractivity contribution in [2.24, 2.45) is 0 Å². The van der Waals surface area contributed by atoms with Gasteiger partial charge in [0.15, 0.2) is 0 Å². The number of hydrogen-bond donors (Lipinski definition) is 2. The molecule has 0 radical (unpaired) electrons. The summed E-state index contributed by atoms with van der Waals surface area (Å²) in [5.74, 6) is 0.229. The first-order chi connectivity index (χ1) is 14.1. The number of benzene rings is 2. The zero-order valence-electron chi connectivity index (χ0n) is 16.4. The molecule has 7 heteroatoms. The SMILES string of the molecule is COC(=O)C1=C(CN2CCc3ccccc32)NC(=O)NC1c1ccc(OC)cc1. The molecule has 0 spiro atoms. The topological polar surface area (TPSA) is 79.9 Å². The van der Waals surface area contributed by atoms with E-state index < -0.39 is 12.0 Å². The zero-order valence-corrected chi connectivity index (χ0v) is 16.4. The fourth-order valence-electron chi connectivity index (χ4n) is 3.90. The average Bonchev–Trinajstić information content (AvgIpc) is 3.16. The van der Waals surface area contributed by atoms with Crippen LogP contribution in [0.2, 0.25) is 0 Å². The second-order valence-electron chi connectivity index (χ2n) is 6.99. The lowest BCUT2D eigenvalue weighted by atomic mass is 9.95. The van der Waals surface area contributed by atoms with Gasteiger partial charge in [0, 0.05) is 12.2 Å². The molecule has 4 rings (SSSR count). The molecule has 2 aliphatic rings. The predicted molar refractivity (Wildman–Crippen MR) is 109 cm³/mol. The van der Waals surface area contributed by atoms with Gasteiger partial charge in [-0.25, -0.2) is 9.59 Å². The second-order valence-corrected chi connectivity index (χ2v) is 6.99. The van der Waals surface area contributed by atoms with E-state index in [-0.39, 0.29) is 6.03 Å². The van der Waals surface area contributed by atoms with Crippen molar-refractivity contribution < 1.29 is 19.1 Å². The molecule has 0 saturated carbocycles. The maximum Gasteiger partial charge on any atom is 0.338 e. The number of nitrogens with zero attached hydrogens (tertiary/aromatic N) is 1. The van der Waals surface area contributed by atoms with Crippen LogP contribution < -0.4 is 20.3 Å². The molecule has 1 atom stereocenters. The Balaban J connectivity index is 1.72. The number of carbonyl (C=O) groups is 2. The second kappa shape index (κ2) is 7.87. The third-order valence-corrected chi connectivity index (χ3v) is 5.34. The maximum absolute atomic E-state index is 12.7. The molecule has 2 aromatic rings. The van der Waals surface area contributed by atoms with Crippen molar-refractivity contribution >= 4 is 17.7 Å². The summed E-state index contributed by atoms with van der Waals surface area (Å²) in [7, 11) is 2.94. The molecule has 0 aliphatic carbocycles. The van der Waals surface area contributed by atoms with Crippen LogP contribution in [-0.4, -0.2) is 39.3 Å². The Morgan fingerprint density at radius 1 is 1.14 bits per heavy atom. The first kappa shape index (κ1) is 18.9. The molecule has 0 fully saturated rings. The third-order valence-electron chi connectivity index (χ3n) is 5.34. The average molecular weight is 393 g/mol. The number of rotatable bonds is 5. The molecule has 1 unspecified atom stereocenters. The molecule has 0 saturated heterocycles. The summed E-state index contributed by atoms with van der Waals surface area (Å²) in [6, 6.07) is 14.5. The Labute approximate surface area is 169 Å². The molecule has 7 nitrogen and oxygen atoms in total.